The molecule has 9 heteroatoms. The second kappa shape index (κ2) is 7.77. The number of benzene rings is 1. The maximum atomic E-state index is 12.9. The van der Waals surface area contributed by atoms with Crippen LogP contribution < -0.4 is 4.90 Å². The fourth-order valence-electron chi connectivity index (χ4n) is 2.34. The van der Waals surface area contributed by atoms with Crippen LogP contribution in [-0.4, -0.2) is 26.8 Å². The molecule has 0 fully saturated rings. The van der Waals surface area contributed by atoms with Gasteiger partial charge in [0.1, 0.15) is 0 Å². The van der Waals surface area contributed by atoms with Crippen LogP contribution in [0.5, 0.6) is 0 Å². The zero-order valence-electron chi connectivity index (χ0n) is 14.2. The SMILES string of the molecule is Cc1csc(N(C(=O)CSc2nnc(-c3ccco3)o2)c2ccccc2)n1. The van der Waals surface area contributed by atoms with E-state index in [1.807, 2.05) is 42.6 Å². The second-order valence-corrected chi connectivity index (χ2v) is 7.24. The van der Waals surface area contributed by atoms with Crippen molar-refractivity contribution in [2.45, 2.75) is 12.1 Å². The highest BCUT2D eigenvalue weighted by Crippen LogP contribution is 2.30. The predicted octanol–water partition coefficient (Wildman–Crippen LogP) is 4.55. The number of anilines is 2. The van der Waals surface area contributed by atoms with Gasteiger partial charge >= 0.3 is 0 Å². The van der Waals surface area contributed by atoms with E-state index in [2.05, 4.69) is 15.2 Å². The van der Waals surface area contributed by atoms with Crippen LogP contribution in [0, 0.1) is 6.92 Å². The van der Waals surface area contributed by atoms with Crippen LogP contribution in [0.3, 0.4) is 0 Å². The minimum absolute atomic E-state index is 0.127. The summed E-state index contributed by atoms with van der Waals surface area (Å²) < 4.78 is 10.8. The molecule has 0 radical (unpaired) electrons. The van der Waals surface area contributed by atoms with Crippen molar-refractivity contribution in [3.8, 4) is 11.7 Å². The molecule has 27 heavy (non-hydrogen) atoms. The number of carbonyl (C=O) groups is 1. The van der Waals surface area contributed by atoms with Crippen molar-refractivity contribution in [3.05, 3.63) is 59.8 Å². The van der Waals surface area contributed by atoms with Crippen molar-refractivity contribution >= 4 is 39.8 Å². The lowest BCUT2D eigenvalue weighted by molar-refractivity contribution is -0.115. The van der Waals surface area contributed by atoms with E-state index in [0.29, 0.717) is 16.1 Å². The van der Waals surface area contributed by atoms with E-state index in [-0.39, 0.29) is 17.6 Å². The molecule has 1 amide bonds. The van der Waals surface area contributed by atoms with Gasteiger partial charge < -0.3 is 8.83 Å². The lowest BCUT2D eigenvalue weighted by Gasteiger charge is -2.19. The molecule has 136 valence electrons. The number of furan rings is 1. The first-order valence-corrected chi connectivity index (χ1v) is 9.87. The summed E-state index contributed by atoms with van der Waals surface area (Å²) in [5, 5.41) is 10.7. The molecule has 4 aromatic rings. The normalized spacial score (nSPS) is 10.9. The molecule has 0 aliphatic carbocycles. The van der Waals surface area contributed by atoms with Crippen LogP contribution in [0.2, 0.25) is 0 Å². The molecule has 3 heterocycles. The first-order valence-electron chi connectivity index (χ1n) is 8.01. The van der Waals surface area contributed by atoms with Gasteiger partial charge in [-0.2, -0.15) is 0 Å². The Hall–Kier alpha value is -2.91. The topological polar surface area (TPSA) is 85.3 Å². The van der Waals surface area contributed by atoms with Crippen LogP contribution in [-0.2, 0) is 4.79 Å². The summed E-state index contributed by atoms with van der Waals surface area (Å²) >= 11 is 2.60. The predicted molar refractivity (Wildman–Crippen MR) is 103 cm³/mol. The van der Waals surface area contributed by atoms with Crippen LogP contribution in [0.15, 0.2) is 68.2 Å². The van der Waals surface area contributed by atoms with E-state index >= 15 is 0 Å². The number of hydrogen-bond donors (Lipinski definition) is 0. The summed E-state index contributed by atoms with van der Waals surface area (Å²) in [5.41, 5.74) is 1.63. The molecule has 0 spiro atoms. The second-order valence-electron chi connectivity index (χ2n) is 5.48. The zero-order valence-corrected chi connectivity index (χ0v) is 15.9. The van der Waals surface area contributed by atoms with Crippen molar-refractivity contribution in [2.24, 2.45) is 0 Å². The summed E-state index contributed by atoms with van der Waals surface area (Å²) in [6, 6.07) is 12.9. The van der Waals surface area contributed by atoms with Gasteiger partial charge in [-0.3, -0.25) is 9.69 Å². The Kier molecular flexibility index (Phi) is 5.03. The Labute approximate surface area is 163 Å². The third-order valence-electron chi connectivity index (χ3n) is 3.52. The van der Waals surface area contributed by atoms with Crippen molar-refractivity contribution in [1.82, 2.24) is 15.2 Å². The van der Waals surface area contributed by atoms with E-state index in [1.165, 1.54) is 29.4 Å². The van der Waals surface area contributed by atoms with E-state index in [1.54, 1.807) is 17.0 Å². The van der Waals surface area contributed by atoms with Gasteiger partial charge in [0, 0.05) is 5.38 Å². The molecule has 0 atom stereocenters. The number of aromatic nitrogens is 3. The molecule has 4 rings (SSSR count). The molecule has 0 unspecified atom stereocenters. The van der Waals surface area contributed by atoms with Gasteiger partial charge in [-0.1, -0.05) is 30.0 Å². The summed E-state index contributed by atoms with van der Waals surface area (Å²) in [7, 11) is 0. The lowest BCUT2D eigenvalue weighted by atomic mass is 10.3. The van der Waals surface area contributed by atoms with Crippen molar-refractivity contribution in [3.63, 3.8) is 0 Å². The lowest BCUT2D eigenvalue weighted by Crippen LogP contribution is -2.27. The first-order chi connectivity index (χ1) is 13.2. The monoisotopic (exact) mass is 398 g/mol. The van der Waals surface area contributed by atoms with Crippen LogP contribution >= 0.6 is 23.1 Å². The summed E-state index contributed by atoms with van der Waals surface area (Å²) in [6.45, 7) is 1.90. The van der Waals surface area contributed by atoms with Crippen LogP contribution in [0.1, 0.15) is 5.69 Å². The van der Waals surface area contributed by atoms with Crippen LogP contribution in [0.4, 0.5) is 10.8 Å². The van der Waals surface area contributed by atoms with Crippen molar-refractivity contribution in [1.29, 1.82) is 0 Å². The van der Waals surface area contributed by atoms with Crippen molar-refractivity contribution in [2.75, 3.05) is 10.7 Å². The third-order valence-corrected chi connectivity index (χ3v) is 5.27. The number of hydrogen-bond acceptors (Lipinski definition) is 8. The smallest absolute Gasteiger partial charge is 0.284 e. The molecule has 0 N–H and O–H groups in total. The molecule has 0 bridgehead atoms. The molecule has 1 aromatic carbocycles. The maximum Gasteiger partial charge on any atom is 0.284 e. The van der Waals surface area contributed by atoms with Gasteiger partial charge in [0.15, 0.2) is 10.9 Å². The number of aryl methyl sites for hydroxylation is 1. The molecular weight excluding hydrogens is 384 g/mol. The quantitative estimate of drug-likeness (QED) is 0.440. The number of para-hydroxylation sites is 1. The summed E-state index contributed by atoms with van der Waals surface area (Å²) in [5.74, 6) is 0.779. The maximum absolute atomic E-state index is 12.9. The molecule has 0 saturated heterocycles. The van der Waals surface area contributed by atoms with Gasteiger partial charge in [-0.15, -0.1) is 21.5 Å². The van der Waals surface area contributed by atoms with Gasteiger partial charge in [0.05, 0.1) is 23.4 Å². The Morgan fingerprint density at radius 1 is 1.19 bits per heavy atom. The minimum atomic E-state index is -0.127. The highest BCUT2D eigenvalue weighted by molar-refractivity contribution is 7.99. The number of carbonyl (C=O) groups excluding carboxylic acids is 1. The molecule has 3 aromatic heterocycles. The van der Waals surface area contributed by atoms with E-state index < -0.39 is 0 Å². The Bertz CT molecular complexity index is 1030. The van der Waals surface area contributed by atoms with E-state index in [0.717, 1.165) is 11.4 Å². The third kappa shape index (κ3) is 3.93. The Morgan fingerprint density at radius 2 is 2.04 bits per heavy atom. The fourth-order valence-corrected chi connectivity index (χ4v) is 3.79. The minimum Gasteiger partial charge on any atom is -0.459 e. The number of thiazole rings is 1. The fraction of sp³-hybridized carbons (Fsp3) is 0.111. The number of nitrogens with zero attached hydrogens (tertiary/aromatic N) is 4. The molecular formula is C18H14N4O3S2. The first kappa shape index (κ1) is 17.5. The largest absolute Gasteiger partial charge is 0.459 e. The van der Waals surface area contributed by atoms with Gasteiger partial charge in [-0.25, -0.2) is 4.98 Å². The average molecular weight is 398 g/mol. The Balaban J connectivity index is 1.51. The standard InChI is InChI=1S/C18H14N4O3S2/c1-12-10-26-17(19-12)22(13-6-3-2-4-7-13)15(23)11-27-18-21-20-16(25-18)14-8-5-9-24-14/h2-10H,11H2,1H3. The molecule has 0 aliphatic heterocycles. The highest BCUT2D eigenvalue weighted by atomic mass is 32.2. The number of rotatable bonds is 6. The molecule has 7 nitrogen and oxygen atoms in total. The Morgan fingerprint density at radius 3 is 2.74 bits per heavy atom. The molecule has 0 aliphatic rings. The van der Waals surface area contributed by atoms with Gasteiger partial charge in [0.25, 0.3) is 11.1 Å². The zero-order chi connectivity index (χ0) is 18.6. The van der Waals surface area contributed by atoms with E-state index in [9.17, 15) is 4.79 Å². The van der Waals surface area contributed by atoms with E-state index in [4.69, 9.17) is 8.83 Å². The van der Waals surface area contributed by atoms with Gasteiger partial charge in [0.2, 0.25) is 5.91 Å². The van der Waals surface area contributed by atoms with Gasteiger partial charge in [-0.05, 0) is 31.2 Å². The highest BCUT2D eigenvalue weighted by Gasteiger charge is 2.22. The summed E-state index contributed by atoms with van der Waals surface area (Å²) in [6.07, 6.45) is 1.53. The number of amides is 1. The number of thioether (sulfide) groups is 1. The van der Waals surface area contributed by atoms with Crippen molar-refractivity contribution < 1.29 is 13.6 Å². The average Bonchev–Trinajstić information content (AvgIpc) is 3.43. The summed E-state index contributed by atoms with van der Waals surface area (Å²) in [4.78, 5) is 19.0. The van der Waals surface area contributed by atoms with Crippen LogP contribution in [0.25, 0.3) is 11.7 Å². The molecule has 0 saturated carbocycles.